The molecule has 35 heavy (non-hydrogen) atoms. The number of pyridine rings is 1. The third kappa shape index (κ3) is 4.83. The van der Waals surface area contributed by atoms with Gasteiger partial charge in [0.1, 0.15) is 18.4 Å². The SMILES string of the molecule is CC(=O)N1CCN(S(=O)(=O)c2ccc(OCc3cncc4ccccc34)cc2)[C@@H](C(=O)NO)[C@@H]1C. The molecule has 1 aromatic heterocycles. The zero-order chi connectivity index (χ0) is 25.2. The number of hydrogen-bond donors (Lipinski definition) is 2. The Kier molecular flexibility index (Phi) is 7.01. The highest BCUT2D eigenvalue weighted by atomic mass is 32.2. The summed E-state index contributed by atoms with van der Waals surface area (Å²) in [4.78, 5) is 29.9. The van der Waals surface area contributed by atoms with Gasteiger partial charge in [0.25, 0.3) is 5.91 Å². The largest absolute Gasteiger partial charge is 0.489 e. The molecule has 0 bridgehead atoms. The Labute approximate surface area is 203 Å². The molecule has 1 aliphatic rings. The van der Waals surface area contributed by atoms with E-state index in [1.54, 1.807) is 31.5 Å². The summed E-state index contributed by atoms with van der Waals surface area (Å²) in [6.45, 7) is 3.22. The quantitative estimate of drug-likeness (QED) is 0.392. The van der Waals surface area contributed by atoms with Crippen molar-refractivity contribution in [1.29, 1.82) is 0 Å². The van der Waals surface area contributed by atoms with Crippen LogP contribution in [0.25, 0.3) is 10.8 Å². The molecule has 184 valence electrons. The second kappa shape index (κ2) is 9.98. The monoisotopic (exact) mass is 498 g/mol. The van der Waals surface area contributed by atoms with Gasteiger partial charge in [0.2, 0.25) is 15.9 Å². The molecule has 10 nitrogen and oxygen atoms in total. The lowest BCUT2D eigenvalue weighted by molar-refractivity contribution is -0.142. The molecule has 0 saturated carbocycles. The first-order chi connectivity index (χ1) is 16.7. The predicted octanol–water partition coefficient (Wildman–Crippen LogP) is 1.93. The Morgan fingerprint density at radius 2 is 1.83 bits per heavy atom. The standard InChI is InChI=1S/C24H26N4O6S/c1-16-23(24(30)26-31)28(12-11-27(16)17(2)29)35(32,33)21-9-7-20(8-10-21)34-15-19-14-25-13-18-5-3-4-6-22(18)19/h3-10,13-14,16,23,31H,11-12,15H2,1-2H3,(H,26,30)/t16-,23+/m0/s1. The zero-order valence-electron chi connectivity index (χ0n) is 19.3. The van der Waals surface area contributed by atoms with Crippen molar-refractivity contribution in [3.63, 3.8) is 0 Å². The molecule has 2 amide bonds. The number of amides is 2. The van der Waals surface area contributed by atoms with Crippen LogP contribution in [-0.4, -0.2) is 64.8 Å². The summed E-state index contributed by atoms with van der Waals surface area (Å²) in [5.74, 6) is -0.722. The van der Waals surface area contributed by atoms with Gasteiger partial charge in [-0.1, -0.05) is 24.3 Å². The molecule has 0 radical (unpaired) electrons. The number of hydroxylamine groups is 1. The summed E-state index contributed by atoms with van der Waals surface area (Å²) >= 11 is 0. The minimum atomic E-state index is -4.10. The Morgan fingerprint density at radius 3 is 2.51 bits per heavy atom. The van der Waals surface area contributed by atoms with E-state index in [1.807, 2.05) is 24.3 Å². The van der Waals surface area contributed by atoms with E-state index >= 15 is 0 Å². The van der Waals surface area contributed by atoms with Crippen LogP contribution < -0.4 is 10.2 Å². The van der Waals surface area contributed by atoms with E-state index in [2.05, 4.69) is 4.98 Å². The van der Waals surface area contributed by atoms with Gasteiger partial charge in [-0.05, 0) is 36.6 Å². The molecular weight excluding hydrogens is 472 g/mol. The number of benzene rings is 2. The summed E-state index contributed by atoms with van der Waals surface area (Å²) in [5, 5.41) is 11.2. The first kappa shape index (κ1) is 24.6. The average molecular weight is 499 g/mol. The van der Waals surface area contributed by atoms with Crippen LogP contribution in [0.1, 0.15) is 19.4 Å². The molecule has 1 aliphatic heterocycles. The molecule has 0 spiro atoms. The number of rotatable bonds is 6. The normalized spacial score (nSPS) is 18.9. The highest BCUT2D eigenvalue weighted by Gasteiger charge is 2.45. The van der Waals surface area contributed by atoms with Crippen LogP contribution in [0, 0.1) is 0 Å². The summed E-state index contributed by atoms with van der Waals surface area (Å²) < 4.78 is 33.6. The fourth-order valence-electron chi connectivity index (χ4n) is 4.39. The fraction of sp³-hybridized carbons (Fsp3) is 0.292. The van der Waals surface area contributed by atoms with Crippen molar-refractivity contribution in [2.45, 2.75) is 37.4 Å². The van der Waals surface area contributed by atoms with Crippen molar-refractivity contribution >= 4 is 32.6 Å². The van der Waals surface area contributed by atoms with Gasteiger partial charge in [-0.15, -0.1) is 0 Å². The lowest BCUT2D eigenvalue weighted by Gasteiger charge is -2.43. The van der Waals surface area contributed by atoms with Crippen LogP contribution in [-0.2, 0) is 26.2 Å². The van der Waals surface area contributed by atoms with Crippen LogP contribution in [0.3, 0.4) is 0 Å². The molecule has 0 unspecified atom stereocenters. The van der Waals surface area contributed by atoms with Gasteiger partial charge in [0, 0.05) is 43.4 Å². The van der Waals surface area contributed by atoms with E-state index in [4.69, 9.17) is 4.74 Å². The van der Waals surface area contributed by atoms with Gasteiger partial charge in [-0.2, -0.15) is 4.31 Å². The van der Waals surface area contributed by atoms with E-state index in [-0.39, 0.29) is 30.5 Å². The van der Waals surface area contributed by atoms with E-state index in [9.17, 15) is 23.2 Å². The number of ether oxygens (including phenoxy) is 1. The van der Waals surface area contributed by atoms with Gasteiger partial charge in [-0.25, -0.2) is 13.9 Å². The first-order valence-corrected chi connectivity index (χ1v) is 12.5. The molecule has 2 heterocycles. The van der Waals surface area contributed by atoms with Crippen LogP contribution in [0.4, 0.5) is 0 Å². The summed E-state index contributed by atoms with van der Waals surface area (Å²) in [7, 11) is -4.10. The van der Waals surface area contributed by atoms with Crippen LogP contribution in [0.5, 0.6) is 5.75 Å². The summed E-state index contributed by atoms with van der Waals surface area (Å²) in [5.41, 5.74) is 2.42. The topological polar surface area (TPSA) is 129 Å². The molecule has 1 saturated heterocycles. The smallest absolute Gasteiger partial charge is 0.263 e. The molecule has 2 N–H and O–H groups in total. The number of hydrogen-bond acceptors (Lipinski definition) is 7. The number of nitrogens with zero attached hydrogens (tertiary/aromatic N) is 3. The van der Waals surface area contributed by atoms with Gasteiger partial charge < -0.3 is 9.64 Å². The molecule has 1 fully saturated rings. The zero-order valence-corrected chi connectivity index (χ0v) is 20.1. The van der Waals surface area contributed by atoms with E-state index in [0.29, 0.717) is 5.75 Å². The van der Waals surface area contributed by atoms with Crippen molar-refractivity contribution in [3.05, 3.63) is 66.5 Å². The van der Waals surface area contributed by atoms with Gasteiger partial charge in [-0.3, -0.25) is 19.8 Å². The molecule has 4 rings (SSSR count). The number of carbonyl (C=O) groups excluding carboxylic acids is 2. The Balaban J connectivity index is 1.53. The van der Waals surface area contributed by atoms with Crippen LogP contribution in [0.15, 0.2) is 65.8 Å². The minimum Gasteiger partial charge on any atom is -0.489 e. The Morgan fingerprint density at radius 1 is 1.11 bits per heavy atom. The van der Waals surface area contributed by atoms with Crippen molar-refractivity contribution in [1.82, 2.24) is 19.7 Å². The second-order valence-corrected chi connectivity index (χ2v) is 10.2. The maximum atomic E-state index is 13.4. The molecule has 3 aromatic rings. The third-order valence-corrected chi connectivity index (χ3v) is 8.07. The Bertz CT molecular complexity index is 1340. The highest BCUT2D eigenvalue weighted by Crippen LogP contribution is 2.27. The first-order valence-electron chi connectivity index (χ1n) is 11.0. The number of fused-ring (bicyclic) bond motifs is 1. The second-order valence-electron chi connectivity index (χ2n) is 8.27. The van der Waals surface area contributed by atoms with Crippen molar-refractivity contribution in [2.75, 3.05) is 13.1 Å². The summed E-state index contributed by atoms with van der Waals surface area (Å²) in [6, 6.07) is 11.7. The lowest BCUT2D eigenvalue weighted by Crippen LogP contribution is -2.65. The number of sulfonamides is 1. The van der Waals surface area contributed by atoms with Gasteiger partial charge in [0.05, 0.1) is 10.9 Å². The molecule has 0 aliphatic carbocycles. The molecule has 2 atom stereocenters. The predicted molar refractivity (Wildman–Crippen MR) is 127 cm³/mol. The van der Waals surface area contributed by atoms with E-state index < -0.39 is 28.0 Å². The number of piperazine rings is 1. The maximum absolute atomic E-state index is 13.4. The number of aromatic nitrogens is 1. The maximum Gasteiger partial charge on any atom is 0.263 e. The van der Waals surface area contributed by atoms with Gasteiger partial charge >= 0.3 is 0 Å². The number of carbonyl (C=O) groups is 2. The van der Waals surface area contributed by atoms with E-state index in [0.717, 1.165) is 20.6 Å². The van der Waals surface area contributed by atoms with Crippen LogP contribution in [0.2, 0.25) is 0 Å². The Hall–Kier alpha value is -3.54. The van der Waals surface area contributed by atoms with Crippen molar-refractivity contribution in [3.8, 4) is 5.75 Å². The molecule has 11 heteroatoms. The number of nitrogens with one attached hydrogen (secondary N) is 1. The van der Waals surface area contributed by atoms with E-state index in [1.165, 1.54) is 29.4 Å². The van der Waals surface area contributed by atoms with Crippen molar-refractivity contribution in [2.24, 2.45) is 0 Å². The third-order valence-electron chi connectivity index (χ3n) is 6.18. The highest BCUT2D eigenvalue weighted by molar-refractivity contribution is 7.89. The minimum absolute atomic E-state index is 0.0316. The fourth-order valence-corrected chi connectivity index (χ4v) is 6.03. The lowest BCUT2D eigenvalue weighted by atomic mass is 10.0. The summed E-state index contributed by atoms with van der Waals surface area (Å²) in [6.07, 6.45) is 3.51. The molecule has 2 aromatic carbocycles. The van der Waals surface area contributed by atoms with Gasteiger partial charge in [0.15, 0.2) is 0 Å². The van der Waals surface area contributed by atoms with Crippen molar-refractivity contribution < 1.29 is 28.0 Å². The average Bonchev–Trinajstić information content (AvgIpc) is 2.86. The molecular formula is C24H26N4O6S. The van der Waals surface area contributed by atoms with Crippen LogP contribution >= 0.6 is 0 Å².